The first-order valence-corrected chi connectivity index (χ1v) is 6.62. The number of hydrogen-bond acceptors (Lipinski definition) is 4. The molecule has 0 aliphatic heterocycles. The van der Waals surface area contributed by atoms with Crippen LogP contribution in [0.1, 0.15) is 24.1 Å². The molecule has 2 rings (SSSR count). The Balaban J connectivity index is 2.11. The maximum atomic E-state index is 11.8. The average molecular weight is 273 g/mol. The first kappa shape index (κ1) is 14.3. The predicted octanol–water partition coefficient (Wildman–Crippen LogP) is 1.65. The zero-order valence-corrected chi connectivity index (χ0v) is 11.7. The summed E-state index contributed by atoms with van der Waals surface area (Å²) in [7, 11) is 0. The van der Waals surface area contributed by atoms with Gasteiger partial charge < -0.3 is 10.5 Å². The SMILES string of the molecule is CCOc1ccc(C(N)Cn2ncc(C)cc2=O)cc1. The van der Waals surface area contributed by atoms with Crippen molar-refractivity contribution in [2.75, 3.05) is 6.61 Å². The van der Waals surface area contributed by atoms with Gasteiger partial charge >= 0.3 is 0 Å². The van der Waals surface area contributed by atoms with E-state index in [-0.39, 0.29) is 11.6 Å². The molecular formula is C15H19N3O2. The van der Waals surface area contributed by atoms with Crippen LogP contribution in [0.4, 0.5) is 0 Å². The normalized spacial score (nSPS) is 12.2. The van der Waals surface area contributed by atoms with Crippen molar-refractivity contribution in [1.82, 2.24) is 9.78 Å². The van der Waals surface area contributed by atoms with E-state index in [2.05, 4.69) is 5.10 Å². The third kappa shape index (κ3) is 3.45. The zero-order chi connectivity index (χ0) is 14.5. The van der Waals surface area contributed by atoms with Crippen LogP contribution in [0.5, 0.6) is 5.75 Å². The molecule has 2 aromatic rings. The molecule has 1 aromatic carbocycles. The molecule has 0 spiro atoms. The van der Waals surface area contributed by atoms with Crippen molar-refractivity contribution >= 4 is 0 Å². The third-order valence-corrected chi connectivity index (χ3v) is 3.00. The topological polar surface area (TPSA) is 70.1 Å². The third-order valence-electron chi connectivity index (χ3n) is 3.00. The van der Waals surface area contributed by atoms with Gasteiger partial charge in [0.15, 0.2) is 0 Å². The van der Waals surface area contributed by atoms with E-state index in [9.17, 15) is 4.79 Å². The van der Waals surface area contributed by atoms with E-state index in [4.69, 9.17) is 10.5 Å². The quantitative estimate of drug-likeness (QED) is 0.899. The van der Waals surface area contributed by atoms with Crippen LogP contribution in [-0.4, -0.2) is 16.4 Å². The number of aromatic nitrogens is 2. The molecule has 1 heterocycles. The van der Waals surface area contributed by atoms with Gasteiger partial charge in [-0.2, -0.15) is 5.10 Å². The summed E-state index contributed by atoms with van der Waals surface area (Å²) in [4.78, 5) is 11.8. The molecule has 5 heteroatoms. The van der Waals surface area contributed by atoms with Gasteiger partial charge in [0, 0.05) is 12.1 Å². The lowest BCUT2D eigenvalue weighted by Gasteiger charge is -2.13. The summed E-state index contributed by atoms with van der Waals surface area (Å²) in [5.74, 6) is 0.814. The summed E-state index contributed by atoms with van der Waals surface area (Å²) in [6.45, 7) is 4.77. The molecule has 0 amide bonds. The van der Waals surface area contributed by atoms with Crippen LogP contribution < -0.4 is 16.0 Å². The molecule has 106 valence electrons. The molecule has 0 radical (unpaired) electrons. The van der Waals surface area contributed by atoms with Crippen LogP contribution >= 0.6 is 0 Å². The number of nitrogens with two attached hydrogens (primary N) is 1. The second kappa shape index (κ2) is 6.34. The minimum Gasteiger partial charge on any atom is -0.494 e. The van der Waals surface area contributed by atoms with Gasteiger partial charge in [-0.05, 0) is 37.1 Å². The maximum absolute atomic E-state index is 11.8. The van der Waals surface area contributed by atoms with Crippen LogP contribution in [0.15, 0.2) is 41.3 Å². The van der Waals surface area contributed by atoms with Gasteiger partial charge in [-0.15, -0.1) is 0 Å². The number of rotatable bonds is 5. The van der Waals surface area contributed by atoms with E-state index in [0.717, 1.165) is 16.9 Å². The maximum Gasteiger partial charge on any atom is 0.267 e. The molecule has 1 aromatic heterocycles. The van der Waals surface area contributed by atoms with Crippen molar-refractivity contribution in [3.63, 3.8) is 0 Å². The molecule has 0 aliphatic carbocycles. The highest BCUT2D eigenvalue weighted by molar-refractivity contribution is 5.29. The van der Waals surface area contributed by atoms with E-state index >= 15 is 0 Å². The summed E-state index contributed by atoms with van der Waals surface area (Å²) in [5, 5.41) is 4.09. The molecule has 0 saturated carbocycles. The second-order valence-corrected chi connectivity index (χ2v) is 4.66. The molecule has 0 fully saturated rings. The summed E-state index contributed by atoms with van der Waals surface area (Å²) < 4.78 is 6.77. The Labute approximate surface area is 118 Å². The number of ether oxygens (including phenoxy) is 1. The minimum absolute atomic E-state index is 0.133. The van der Waals surface area contributed by atoms with Gasteiger partial charge in [0.25, 0.3) is 5.56 Å². The molecule has 1 atom stereocenters. The lowest BCUT2D eigenvalue weighted by molar-refractivity contribution is 0.340. The highest BCUT2D eigenvalue weighted by Crippen LogP contribution is 2.17. The van der Waals surface area contributed by atoms with Gasteiger partial charge in [-0.1, -0.05) is 12.1 Å². The first-order chi connectivity index (χ1) is 9.60. The van der Waals surface area contributed by atoms with Crippen LogP contribution in [-0.2, 0) is 6.54 Å². The van der Waals surface area contributed by atoms with E-state index < -0.39 is 0 Å². The van der Waals surface area contributed by atoms with Crippen molar-refractivity contribution in [3.8, 4) is 5.75 Å². The lowest BCUT2D eigenvalue weighted by atomic mass is 10.1. The van der Waals surface area contributed by atoms with E-state index in [1.807, 2.05) is 38.1 Å². The van der Waals surface area contributed by atoms with Crippen LogP contribution in [0.2, 0.25) is 0 Å². The predicted molar refractivity (Wildman–Crippen MR) is 77.8 cm³/mol. The molecule has 1 unspecified atom stereocenters. The van der Waals surface area contributed by atoms with Gasteiger partial charge in [0.2, 0.25) is 0 Å². The lowest BCUT2D eigenvalue weighted by Crippen LogP contribution is -2.28. The summed E-state index contributed by atoms with van der Waals surface area (Å²) >= 11 is 0. The Morgan fingerprint density at radius 3 is 2.65 bits per heavy atom. The first-order valence-electron chi connectivity index (χ1n) is 6.62. The minimum atomic E-state index is -0.279. The van der Waals surface area contributed by atoms with Crippen molar-refractivity contribution in [3.05, 3.63) is 58.0 Å². The monoisotopic (exact) mass is 273 g/mol. The fourth-order valence-corrected chi connectivity index (χ4v) is 1.93. The number of hydrogen-bond donors (Lipinski definition) is 1. The smallest absolute Gasteiger partial charge is 0.267 e. The molecule has 2 N–H and O–H groups in total. The highest BCUT2D eigenvalue weighted by atomic mass is 16.5. The van der Waals surface area contributed by atoms with E-state index in [0.29, 0.717) is 13.2 Å². The summed E-state index contributed by atoms with van der Waals surface area (Å²) in [6, 6.07) is 8.86. The Bertz CT molecular complexity index is 620. The van der Waals surface area contributed by atoms with Gasteiger partial charge in [-0.3, -0.25) is 4.79 Å². The fraction of sp³-hybridized carbons (Fsp3) is 0.333. The van der Waals surface area contributed by atoms with E-state index in [1.165, 1.54) is 4.68 Å². The number of aryl methyl sites for hydroxylation is 1. The van der Waals surface area contributed by atoms with E-state index in [1.54, 1.807) is 12.3 Å². The zero-order valence-electron chi connectivity index (χ0n) is 11.7. The molecule has 0 aliphatic rings. The summed E-state index contributed by atoms with van der Waals surface area (Å²) in [5.41, 5.74) is 7.78. The van der Waals surface area contributed by atoms with Gasteiger partial charge in [0.1, 0.15) is 5.75 Å². The van der Waals surface area contributed by atoms with Crippen molar-refractivity contribution in [1.29, 1.82) is 0 Å². The van der Waals surface area contributed by atoms with Crippen molar-refractivity contribution in [2.45, 2.75) is 26.4 Å². The Morgan fingerprint density at radius 1 is 1.35 bits per heavy atom. The molecule has 0 bridgehead atoms. The largest absolute Gasteiger partial charge is 0.494 e. The molecule has 0 saturated heterocycles. The second-order valence-electron chi connectivity index (χ2n) is 4.66. The van der Waals surface area contributed by atoms with Crippen molar-refractivity contribution in [2.24, 2.45) is 5.73 Å². The van der Waals surface area contributed by atoms with Crippen molar-refractivity contribution < 1.29 is 4.74 Å². The van der Waals surface area contributed by atoms with Crippen LogP contribution in [0.3, 0.4) is 0 Å². The van der Waals surface area contributed by atoms with Crippen LogP contribution in [0, 0.1) is 6.92 Å². The Morgan fingerprint density at radius 2 is 2.05 bits per heavy atom. The molecule has 20 heavy (non-hydrogen) atoms. The van der Waals surface area contributed by atoms with Gasteiger partial charge in [-0.25, -0.2) is 4.68 Å². The standard InChI is InChI=1S/C15H19N3O2/c1-3-20-13-6-4-12(5-7-13)14(16)10-18-15(19)8-11(2)9-17-18/h4-9,14H,3,10,16H2,1-2H3. The average Bonchev–Trinajstić information content (AvgIpc) is 2.43. The number of benzene rings is 1. The van der Waals surface area contributed by atoms with Crippen LogP contribution in [0.25, 0.3) is 0 Å². The Hall–Kier alpha value is -2.14. The Kier molecular flexibility index (Phi) is 4.53. The fourth-order valence-electron chi connectivity index (χ4n) is 1.93. The summed E-state index contributed by atoms with van der Waals surface area (Å²) in [6.07, 6.45) is 1.66. The molecular weight excluding hydrogens is 254 g/mol. The van der Waals surface area contributed by atoms with Gasteiger partial charge in [0.05, 0.1) is 19.3 Å². The highest BCUT2D eigenvalue weighted by Gasteiger charge is 2.09. The number of nitrogens with zero attached hydrogens (tertiary/aromatic N) is 2. The molecule has 5 nitrogen and oxygen atoms in total.